The normalized spacial score (nSPS) is 11.9. The molecule has 7 nitrogen and oxygen atoms in total. The maximum atomic E-state index is 11.9. The number of hydrogen-bond donors (Lipinski definition) is 3. The zero-order valence-corrected chi connectivity index (χ0v) is 11.4. The van der Waals surface area contributed by atoms with Gasteiger partial charge in [-0.1, -0.05) is 12.1 Å². The number of nitrogens with zero attached hydrogens (tertiary/aromatic N) is 2. The van der Waals surface area contributed by atoms with E-state index in [1.54, 1.807) is 19.2 Å². The first-order valence-electron chi connectivity index (χ1n) is 6.26. The Hall–Kier alpha value is -2.83. The highest BCUT2D eigenvalue weighted by Crippen LogP contribution is 2.11. The smallest absolute Gasteiger partial charge is 0.326 e. The lowest BCUT2D eigenvalue weighted by Crippen LogP contribution is -2.42. The van der Waals surface area contributed by atoms with Crippen LogP contribution in [0.5, 0.6) is 5.75 Å². The van der Waals surface area contributed by atoms with E-state index in [1.807, 2.05) is 0 Å². The van der Waals surface area contributed by atoms with Gasteiger partial charge in [-0.15, -0.1) is 0 Å². The van der Waals surface area contributed by atoms with E-state index in [0.29, 0.717) is 11.1 Å². The highest BCUT2D eigenvalue weighted by Gasteiger charge is 2.21. The highest BCUT2D eigenvalue weighted by molar-refractivity contribution is 5.96. The molecular formula is C14H15N3O4. The van der Waals surface area contributed by atoms with Gasteiger partial charge in [0.15, 0.2) is 0 Å². The molecule has 2 aromatic rings. The molecule has 1 atom stereocenters. The molecule has 3 N–H and O–H groups in total. The molecule has 0 aliphatic heterocycles. The average molecular weight is 289 g/mol. The molecular weight excluding hydrogens is 274 g/mol. The number of benzene rings is 1. The molecule has 0 fully saturated rings. The van der Waals surface area contributed by atoms with Crippen LogP contribution in [-0.4, -0.2) is 37.9 Å². The Balaban J connectivity index is 2.07. The lowest BCUT2D eigenvalue weighted by molar-refractivity contribution is -0.139. The molecule has 0 bridgehead atoms. The Morgan fingerprint density at radius 3 is 2.52 bits per heavy atom. The summed E-state index contributed by atoms with van der Waals surface area (Å²) in [6.45, 7) is 0. The van der Waals surface area contributed by atoms with Crippen LogP contribution >= 0.6 is 0 Å². The fourth-order valence-corrected chi connectivity index (χ4v) is 1.85. The number of aromatic hydroxyl groups is 1. The number of nitrogens with one attached hydrogen (secondary N) is 1. The topological polar surface area (TPSA) is 104 Å². The second-order valence-corrected chi connectivity index (χ2v) is 4.64. The third-order valence-electron chi connectivity index (χ3n) is 2.95. The molecule has 0 aliphatic rings. The van der Waals surface area contributed by atoms with Crippen molar-refractivity contribution in [3.8, 4) is 5.75 Å². The number of aryl methyl sites for hydroxylation is 1. The molecule has 0 unspecified atom stereocenters. The van der Waals surface area contributed by atoms with Gasteiger partial charge in [0.25, 0.3) is 5.91 Å². The maximum Gasteiger partial charge on any atom is 0.326 e. The summed E-state index contributed by atoms with van der Waals surface area (Å²) in [6, 6.07) is 5.11. The molecule has 1 heterocycles. The Morgan fingerprint density at radius 2 is 2.00 bits per heavy atom. The molecule has 0 aliphatic carbocycles. The minimum Gasteiger partial charge on any atom is -0.508 e. The largest absolute Gasteiger partial charge is 0.508 e. The summed E-state index contributed by atoms with van der Waals surface area (Å²) in [4.78, 5) is 23.2. The quantitative estimate of drug-likeness (QED) is 0.745. The van der Waals surface area contributed by atoms with E-state index in [0.717, 1.165) is 0 Å². The van der Waals surface area contributed by atoms with Crippen LogP contribution in [0.4, 0.5) is 0 Å². The van der Waals surface area contributed by atoms with Crippen LogP contribution < -0.4 is 5.32 Å². The monoisotopic (exact) mass is 289 g/mol. The summed E-state index contributed by atoms with van der Waals surface area (Å²) >= 11 is 0. The van der Waals surface area contributed by atoms with Gasteiger partial charge in [0.2, 0.25) is 0 Å². The van der Waals surface area contributed by atoms with Crippen molar-refractivity contribution in [2.24, 2.45) is 7.05 Å². The molecule has 0 saturated heterocycles. The number of aromatic nitrogens is 2. The number of carboxylic acid groups (broad SMARTS) is 1. The second kappa shape index (κ2) is 6.08. The van der Waals surface area contributed by atoms with Crippen molar-refractivity contribution in [1.29, 1.82) is 0 Å². The van der Waals surface area contributed by atoms with Crippen molar-refractivity contribution in [3.05, 3.63) is 47.8 Å². The molecule has 1 aromatic heterocycles. The molecule has 7 heteroatoms. The van der Waals surface area contributed by atoms with Crippen LogP contribution in [0.3, 0.4) is 0 Å². The highest BCUT2D eigenvalue weighted by atomic mass is 16.4. The Kier molecular flexibility index (Phi) is 4.22. The maximum absolute atomic E-state index is 11.9. The van der Waals surface area contributed by atoms with Gasteiger partial charge in [-0.3, -0.25) is 9.48 Å². The Labute approximate surface area is 120 Å². The van der Waals surface area contributed by atoms with Gasteiger partial charge in [0.05, 0.1) is 11.8 Å². The molecule has 0 spiro atoms. The lowest BCUT2D eigenvalue weighted by Gasteiger charge is -2.14. The summed E-state index contributed by atoms with van der Waals surface area (Å²) in [5.41, 5.74) is 1.00. The Morgan fingerprint density at radius 1 is 1.33 bits per heavy atom. The first-order chi connectivity index (χ1) is 9.95. The van der Waals surface area contributed by atoms with E-state index in [-0.39, 0.29) is 12.2 Å². The van der Waals surface area contributed by atoms with Crippen molar-refractivity contribution >= 4 is 11.9 Å². The lowest BCUT2D eigenvalue weighted by atomic mass is 10.1. The van der Waals surface area contributed by atoms with Crippen LogP contribution in [0.15, 0.2) is 36.7 Å². The van der Waals surface area contributed by atoms with Crippen molar-refractivity contribution in [2.45, 2.75) is 12.5 Å². The van der Waals surface area contributed by atoms with Gasteiger partial charge in [-0.2, -0.15) is 5.10 Å². The summed E-state index contributed by atoms with van der Waals surface area (Å²) < 4.78 is 1.46. The van der Waals surface area contributed by atoms with Gasteiger partial charge in [-0.25, -0.2) is 4.79 Å². The number of carbonyl (C=O) groups is 2. The third kappa shape index (κ3) is 3.82. The van der Waals surface area contributed by atoms with Crippen molar-refractivity contribution in [1.82, 2.24) is 15.1 Å². The van der Waals surface area contributed by atoms with Crippen LogP contribution in [-0.2, 0) is 18.3 Å². The minimum absolute atomic E-state index is 0.102. The molecule has 0 saturated carbocycles. The van der Waals surface area contributed by atoms with Gasteiger partial charge in [-0.05, 0) is 17.7 Å². The van der Waals surface area contributed by atoms with Gasteiger partial charge < -0.3 is 15.5 Å². The molecule has 0 radical (unpaired) electrons. The number of phenolic OH excluding ortho intramolecular Hbond substituents is 1. The number of rotatable bonds is 5. The first-order valence-corrected chi connectivity index (χ1v) is 6.26. The number of carbonyl (C=O) groups excluding carboxylic acids is 1. The molecule has 1 aromatic carbocycles. The number of amides is 1. The summed E-state index contributed by atoms with van der Waals surface area (Å²) in [5.74, 6) is -1.51. The van der Waals surface area contributed by atoms with Crippen LogP contribution in [0, 0.1) is 0 Å². The molecule has 110 valence electrons. The molecule has 21 heavy (non-hydrogen) atoms. The van der Waals surface area contributed by atoms with Crippen molar-refractivity contribution in [3.63, 3.8) is 0 Å². The minimum atomic E-state index is -1.12. The van der Waals surface area contributed by atoms with Gasteiger partial charge in [0.1, 0.15) is 11.8 Å². The van der Waals surface area contributed by atoms with Crippen LogP contribution in [0.2, 0.25) is 0 Å². The zero-order chi connectivity index (χ0) is 15.4. The van der Waals surface area contributed by atoms with Gasteiger partial charge >= 0.3 is 5.97 Å². The number of phenols is 1. The third-order valence-corrected chi connectivity index (χ3v) is 2.95. The number of carboxylic acids is 1. The summed E-state index contributed by atoms with van der Waals surface area (Å²) in [5, 5.41) is 24.7. The zero-order valence-electron chi connectivity index (χ0n) is 11.4. The molecule has 2 rings (SSSR count). The number of aliphatic carboxylic acids is 1. The summed E-state index contributed by atoms with van der Waals surface area (Å²) in [6.07, 6.45) is 3.01. The van der Waals surface area contributed by atoms with E-state index in [4.69, 9.17) is 0 Å². The van der Waals surface area contributed by atoms with E-state index in [1.165, 1.54) is 29.2 Å². The van der Waals surface area contributed by atoms with E-state index >= 15 is 0 Å². The standard InChI is InChI=1S/C14H15N3O4/c1-17-8-10(7-15-17)13(19)16-12(14(20)21)6-9-2-4-11(18)5-3-9/h2-5,7-8,12,18H,6H2,1H3,(H,16,19)(H,20,21)/t12-/m1/s1. The fraction of sp³-hybridized carbons (Fsp3) is 0.214. The summed E-state index contributed by atoms with van der Waals surface area (Å²) in [7, 11) is 1.67. The number of hydrogen-bond acceptors (Lipinski definition) is 4. The first kappa shape index (κ1) is 14.6. The SMILES string of the molecule is Cn1cc(C(=O)N[C@H](Cc2ccc(O)cc2)C(=O)O)cn1. The van der Waals surface area contributed by atoms with Crippen molar-refractivity contribution < 1.29 is 19.8 Å². The molecule has 1 amide bonds. The van der Waals surface area contributed by atoms with Crippen LogP contribution in [0.1, 0.15) is 15.9 Å². The second-order valence-electron chi connectivity index (χ2n) is 4.64. The van der Waals surface area contributed by atoms with E-state index < -0.39 is 17.9 Å². The van der Waals surface area contributed by atoms with E-state index in [9.17, 15) is 19.8 Å². The predicted octanol–water partition coefficient (Wildman–Crippen LogP) is 0.551. The predicted molar refractivity (Wildman–Crippen MR) is 73.9 cm³/mol. The Bertz CT molecular complexity index is 648. The fourth-order valence-electron chi connectivity index (χ4n) is 1.85. The van der Waals surface area contributed by atoms with Crippen LogP contribution in [0.25, 0.3) is 0 Å². The average Bonchev–Trinajstić information content (AvgIpc) is 2.87. The van der Waals surface area contributed by atoms with Gasteiger partial charge in [0, 0.05) is 19.7 Å². The van der Waals surface area contributed by atoms with E-state index in [2.05, 4.69) is 10.4 Å². The van der Waals surface area contributed by atoms with Crippen molar-refractivity contribution in [2.75, 3.05) is 0 Å².